The van der Waals surface area contributed by atoms with E-state index >= 15 is 0 Å². The van der Waals surface area contributed by atoms with Crippen LogP contribution in [-0.4, -0.2) is 5.11 Å². The van der Waals surface area contributed by atoms with Crippen molar-refractivity contribution in [3.8, 4) is 0 Å². The van der Waals surface area contributed by atoms with Crippen molar-refractivity contribution < 1.29 is 0 Å². The lowest BCUT2D eigenvalue weighted by atomic mass is 10.2. The first-order valence-electron chi connectivity index (χ1n) is 5.64. The number of anilines is 2. The van der Waals surface area contributed by atoms with Crippen molar-refractivity contribution in [2.24, 2.45) is 0 Å². The molecule has 2 rings (SSSR count). The van der Waals surface area contributed by atoms with Crippen molar-refractivity contribution in [3.05, 3.63) is 56.6 Å². The standard InChI is InChI=1S/C14H12ClIN2S/c1-9-2-3-10(15)8-13(9)18-14(19)17-12-6-4-11(16)5-7-12/h2-8H,1H3,(H2,17,18,19). The lowest BCUT2D eigenvalue weighted by molar-refractivity contribution is 1.45. The molecule has 2 aromatic rings. The molecule has 0 radical (unpaired) electrons. The number of hydrogen-bond acceptors (Lipinski definition) is 1. The minimum absolute atomic E-state index is 0.548. The van der Waals surface area contributed by atoms with Crippen LogP contribution in [0.1, 0.15) is 5.56 Å². The fourth-order valence-corrected chi connectivity index (χ4v) is 2.31. The Morgan fingerprint density at radius 1 is 1.11 bits per heavy atom. The van der Waals surface area contributed by atoms with Gasteiger partial charge in [-0.25, -0.2) is 0 Å². The molecular weight excluding hydrogens is 391 g/mol. The second-order valence-electron chi connectivity index (χ2n) is 4.05. The monoisotopic (exact) mass is 402 g/mol. The van der Waals surface area contributed by atoms with Gasteiger partial charge < -0.3 is 10.6 Å². The van der Waals surface area contributed by atoms with E-state index in [1.807, 2.05) is 49.4 Å². The molecule has 0 aromatic heterocycles. The van der Waals surface area contributed by atoms with Crippen LogP contribution in [0.15, 0.2) is 42.5 Å². The molecule has 2 N–H and O–H groups in total. The number of rotatable bonds is 2. The Bertz CT molecular complexity index is 599. The molecule has 0 spiro atoms. The smallest absolute Gasteiger partial charge is 0.175 e. The Morgan fingerprint density at radius 2 is 1.79 bits per heavy atom. The third kappa shape index (κ3) is 4.33. The van der Waals surface area contributed by atoms with Crippen LogP contribution in [0.3, 0.4) is 0 Å². The topological polar surface area (TPSA) is 24.1 Å². The first kappa shape index (κ1) is 14.6. The van der Waals surface area contributed by atoms with E-state index < -0.39 is 0 Å². The average Bonchev–Trinajstić information content (AvgIpc) is 2.37. The van der Waals surface area contributed by atoms with E-state index in [0.717, 1.165) is 16.9 Å². The lowest BCUT2D eigenvalue weighted by Crippen LogP contribution is -2.19. The van der Waals surface area contributed by atoms with E-state index in [-0.39, 0.29) is 0 Å². The van der Waals surface area contributed by atoms with Gasteiger partial charge in [0.25, 0.3) is 0 Å². The van der Waals surface area contributed by atoms with E-state index in [2.05, 4.69) is 33.2 Å². The van der Waals surface area contributed by atoms with Crippen molar-refractivity contribution >= 4 is 62.9 Å². The molecule has 2 nitrogen and oxygen atoms in total. The van der Waals surface area contributed by atoms with Crippen molar-refractivity contribution in [3.63, 3.8) is 0 Å². The zero-order chi connectivity index (χ0) is 13.8. The molecule has 0 aliphatic rings. The van der Waals surface area contributed by atoms with Gasteiger partial charge >= 0.3 is 0 Å². The summed E-state index contributed by atoms with van der Waals surface area (Å²) in [6.07, 6.45) is 0. The normalized spacial score (nSPS) is 10.1. The molecule has 0 heterocycles. The Balaban J connectivity index is 2.05. The van der Waals surface area contributed by atoms with Crippen LogP contribution in [0.4, 0.5) is 11.4 Å². The second kappa shape index (κ2) is 6.54. The largest absolute Gasteiger partial charge is 0.332 e. The van der Waals surface area contributed by atoms with Gasteiger partial charge in [0.05, 0.1) is 0 Å². The first-order chi connectivity index (χ1) is 9.04. The quantitative estimate of drug-likeness (QED) is 0.542. The minimum atomic E-state index is 0.548. The van der Waals surface area contributed by atoms with Gasteiger partial charge in [-0.1, -0.05) is 17.7 Å². The van der Waals surface area contributed by atoms with Crippen molar-refractivity contribution in [2.75, 3.05) is 10.6 Å². The molecule has 0 amide bonds. The molecule has 0 aliphatic heterocycles. The molecule has 0 saturated heterocycles. The summed E-state index contributed by atoms with van der Waals surface area (Å²) < 4.78 is 1.19. The average molecular weight is 403 g/mol. The van der Waals surface area contributed by atoms with Gasteiger partial charge in [0.15, 0.2) is 5.11 Å². The Labute approximate surface area is 136 Å². The van der Waals surface area contributed by atoms with E-state index in [0.29, 0.717) is 10.1 Å². The van der Waals surface area contributed by atoms with Gasteiger partial charge in [0.2, 0.25) is 0 Å². The van der Waals surface area contributed by atoms with Crippen LogP contribution in [0.25, 0.3) is 0 Å². The molecule has 2 aromatic carbocycles. The number of thiocarbonyl (C=S) groups is 1. The maximum atomic E-state index is 5.97. The maximum Gasteiger partial charge on any atom is 0.175 e. The number of halogens is 2. The Morgan fingerprint density at radius 3 is 2.47 bits per heavy atom. The summed E-state index contributed by atoms with van der Waals surface area (Å²) in [5.74, 6) is 0. The maximum absolute atomic E-state index is 5.97. The summed E-state index contributed by atoms with van der Waals surface area (Å²) >= 11 is 13.5. The van der Waals surface area contributed by atoms with E-state index in [1.54, 1.807) is 0 Å². The molecule has 0 aliphatic carbocycles. The highest BCUT2D eigenvalue weighted by atomic mass is 127. The molecule has 0 saturated carbocycles. The van der Waals surface area contributed by atoms with Crippen LogP contribution in [-0.2, 0) is 0 Å². The van der Waals surface area contributed by atoms with Gasteiger partial charge in [-0.05, 0) is 83.7 Å². The highest BCUT2D eigenvalue weighted by molar-refractivity contribution is 14.1. The summed E-state index contributed by atoms with van der Waals surface area (Å²) in [7, 11) is 0. The summed E-state index contributed by atoms with van der Waals surface area (Å²) in [6, 6.07) is 13.7. The highest BCUT2D eigenvalue weighted by Gasteiger charge is 2.02. The zero-order valence-corrected chi connectivity index (χ0v) is 13.9. The summed E-state index contributed by atoms with van der Waals surface area (Å²) in [4.78, 5) is 0. The third-order valence-electron chi connectivity index (χ3n) is 2.55. The number of aryl methyl sites for hydroxylation is 1. The molecule has 0 atom stereocenters. The van der Waals surface area contributed by atoms with Crippen LogP contribution >= 0.6 is 46.4 Å². The van der Waals surface area contributed by atoms with Gasteiger partial charge in [0.1, 0.15) is 0 Å². The van der Waals surface area contributed by atoms with Crippen molar-refractivity contribution in [1.29, 1.82) is 0 Å². The Kier molecular flexibility index (Phi) is 5.01. The first-order valence-corrected chi connectivity index (χ1v) is 7.51. The number of nitrogens with one attached hydrogen (secondary N) is 2. The van der Waals surface area contributed by atoms with Crippen LogP contribution in [0.2, 0.25) is 5.02 Å². The van der Waals surface area contributed by atoms with E-state index in [9.17, 15) is 0 Å². The van der Waals surface area contributed by atoms with Gasteiger partial charge in [-0.15, -0.1) is 0 Å². The SMILES string of the molecule is Cc1ccc(Cl)cc1NC(=S)Nc1ccc(I)cc1. The van der Waals surface area contributed by atoms with Crippen molar-refractivity contribution in [2.45, 2.75) is 6.92 Å². The third-order valence-corrected chi connectivity index (χ3v) is 3.71. The number of benzene rings is 2. The second-order valence-corrected chi connectivity index (χ2v) is 6.14. The summed E-state index contributed by atoms with van der Waals surface area (Å²) in [5, 5.41) is 7.52. The zero-order valence-electron chi connectivity index (χ0n) is 10.2. The highest BCUT2D eigenvalue weighted by Crippen LogP contribution is 2.20. The van der Waals surface area contributed by atoms with E-state index in [1.165, 1.54) is 3.57 Å². The number of hydrogen-bond donors (Lipinski definition) is 2. The minimum Gasteiger partial charge on any atom is -0.332 e. The van der Waals surface area contributed by atoms with E-state index in [4.69, 9.17) is 23.8 Å². The lowest BCUT2D eigenvalue weighted by Gasteiger charge is -2.12. The molecular formula is C14H12ClIN2S. The summed E-state index contributed by atoms with van der Waals surface area (Å²) in [6.45, 7) is 2.01. The molecule has 19 heavy (non-hydrogen) atoms. The van der Waals surface area contributed by atoms with Gasteiger partial charge in [-0.3, -0.25) is 0 Å². The predicted molar refractivity (Wildman–Crippen MR) is 95.2 cm³/mol. The molecule has 0 bridgehead atoms. The van der Waals surface area contributed by atoms with Crippen molar-refractivity contribution in [1.82, 2.24) is 0 Å². The van der Waals surface area contributed by atoms with Gasteiger partial charge in [0, 0.05) is 20.0 Å². The molecule has 98 valence electrons. The van der Waals surface area contributed by atoms with Crippen LogP contribution in [0.5, 0.6) is 0 Å². The van der Waals surface area contributed by atoms with Crippen LogP contribution < -0.4 is 10.6 Å². The fourth-order valence-electron chi connectivity index (χ4n) is 1.55. The fraction of sp³-hybridized carbons (Fsp3) is 0.0714. The molecule has 5 heteroatoms. The van der Waals surface area contributed by atoms with Gasteiger partial charge in [-0.2, -0.15) is 0 Å². The molecule has 0 fully saturated rings. The molecule has 0 unspecified atom stereocenters. The Hall–Kier alpha value is -0.850. The predicted octanol–water partition coefficient (Wildman–Crippen LogP) is 5.06. The van der Waals surface area contributed by atoms with Crippen LogP contribution in [0, 0.1) is 10.5 Å². The summed E-state index contributed by atoms with van der Waals surface area (Å²) in [5.41, 5.74) is 2.96.